The lowest BCUT2D eigenvalue weighted by Crippen LogP contribution is -2.10. The second-order valence-corrected chi connectivity index (χ2v) is 6.27. The molecule has 2 heterocycles. The van der Waals surface area contributed by atoms with Gasteiger partial charge in [-0.2, -0.15) is 0 Å². The summed E-state index contributed by atoms with van der Waals surface area (Å²) in [7, 11) is 0. The zero-order valence-corrected chi connectivity index (χ0v) is 15.3. The second kappa shape index (κ2) is 8.05. The first-order valence-corrected chi connectivity index (χ1v) is 8.59. The van der Waals surface area contributed by atoms with Crippen molar-refractivity contribution >= 4 is 29.2 Å². The van der Waals surface area contributed by atoms with Crippen LogP contribution in [0, 0.1) is 11.2 Å². The Morgan fingerprint density at radius 1 is 1.37 bits per heavy atom. The molecule has 138 valence electrons. The van der Waals surface area contributed by atoms with Crippen molar-refractivity contribution in [1.29, 1.82) is 5.41 Å². The van der Waals surface area contributed by atoms with Gasteiger partial charge in [0, 0.05) is 46.0 Å². The predicted molar refractivity (Wildman–Crippen MR) is 106 cm³/mol. The molecule has 0 saturated heterocycles. The lowest BCUT2D eigenvalue weighted by molar-refractivity contribution is 0.227. The van der Waals surface area contributed by atoms with E-state index in [1.54, 1.807) is 25.4 Å². The molecule has 1 aliphatic rings. The fraction of sp³-hybridized carbons (Fsp3) is 0.100. The van der Waals surface area contributed by atoms with Crippen LogP contribution in [0.1, 0.15) is 24.2 Å². The van der Waals surface area contributed by atoms with Gasteiger partial charge in [0.05, 0.1) is 0 Å². The Bertz CT molecular complexity index is 968. The minimum Gasteiger partial charge on any atom is -0.482 e. The zero-order valence-electron chi connectivity index (χ0n) is 14.5. The van der Waals surface area contributed by atoms with E-state index in [1.165, 1.54) is 24.4 Å². The molecule has 1 unspecified atom stereocenters. The average Bonchev–Trinajstić information content (AvgIpc) is 2.67. The van der Waals surface area contributed by atoms with E-state index in [2.05, 4.69) is 10.3 Å². The smallest absolute Gasteiger partial charge is 0.166 e. The largest absolute Gasteiger partial charge is 0.482 e. The molecule has 0 aliphatic carbocycles. The molecule has 1 aromatic heterocycles. The number of dihydropyridines is 1. The number of hydrogen-bond donors (Lipinski definition) is 3. The molecule has 1 aromatic carbocycles. The highest BCUT2D eigenvalue weighted by Crippen LogP contribution is 2.32. The van der Waals surface area contributed by atoms with Crippen LogP contribution in [0.4, 0.5) is 10.2 Å². The number of nitrogens with one attached hydrogen (secondary N) is 2. The first kappa shape index (κ1) is 18.7. The van der Waals surface area contributed by atoms with Crippen LogP contribution in [0.15, 0.2) is 60.6 Å². The molecule has 7 heteroatoms. The highest BCUT2D eigenvalue weighted by atomic mass is 35.5. The number of rotatable bonds is 5. The monoisotopic (exact) mass is 384 g/mol. The van der Waals surface area contributed by atoms with Crippen molar-refractivity contribution in [2.45, 2.75) is 13.0 Å². The molecule has 2 aromatic rings. The standard InChI is InChI=1S/C20H18ClFN4O/c1-12(15-9-14(22)5-6-17(15)21)27-19-8-13(11-26-20(19)24)16(10-23)18-4-2-3-7-25-18/h2-12,23,25H,1H3,(H2,24,26)/b18-16+,23-10?. The molecule has 0 bridgehead atoms. The molecule has 0 spiro atoms. The van der Waals surface area contributed by atoms with Crippen LogP contribution in [0.25, 0.3) is 5.57 Å². The summed E-state index contributed by atoms with van der Waals surface area (Å²) >= 11 is 6.15. The predicted octanol–water partition coefficient (Wildman–Crippen LogP) is 4.63. The van der Waals surface area contributed by atoms with Crippen LogP contribution in [0.2, 0.25) is 5.02 Å². The van der Waals surface area contributed by atoms with E-state index < -0.39 is 11.9 Å². The van der Waals surface area contributed by atoms with Gasteiger partial charge >= 0.3 is 0 Å². The van der Waals surface area contributed by atoms with Crippen LogP contribution < -0.4 is 15.8 Å². The van der Waals surface area contributed by atoms with Gasteiger partial charge in [0.15, 0.2) is 11.6 Å². The van der Waals surface area contributed by atoms with Gasteiger partial charge in [-0.25, -0.2) is 9.37 Å². The molecule has 0 radical (unpaired) electrons. The van der Waals surface area contributed by atoms with E-state index in [0.717, 1.165) is 5.70 Å². The molecular weight excluding hydrogens is 367 g/mol. The summed E-state index contributed by atoms with van der Waals surface area (Å²) in [5.74, 6) is 0.124. The summed E-state index contributed by atoms with van der Waals surface area (Å²) in [5, 5.41) is 11.2. The molecule has 3 rings (SSSR count). The highest BCUT2D eigenvalue weighted by molar-refractivity contribution is 6.31. The van der Waals surface area contributed by atoms with Gasteiger partial charge in [0.25, 0.3) is 0 Å². The van der Waals surface area contributed by atoms with Gasteiger partial charge < -0.3 is 21.2 Å². The third kappa shape index (κ3) is 4.17. The molecular formula is C20H18ClFN4O. The average molecular weight is 385 g/mol. The van der Waals surface area contributed by atoms with Crippen LogP contribution >= 0.6 is 11.6 Å². The number of ether oxygens (including phenoxy) is 1. The summed E-state index contributed by atoms with van der Waals surface area (Å²) in [6.07, 6.45) is 9.61. The topological polar surface area (TPSA) is 84.0 Å². The van der Waals surface area contributed by atoms with Gasteiger partial charge in [-0.3, -0.25) is 0 Å². The van der Waals surface area contributed by atoms with E-state index in [-0.39, 0.29) is 5.82 Å². The molecule has 5 nitrogen and oxygen atoms in total. The van der Waals surface area contributed by atoms with Crippen molar-refractivity contribution in [3.63, 3.8) is 0 Å². The van der Waals surface area contributed by atoms with E-state index in [4.69, 9.17) is 27.5 Å². The van der Waals surface area contributed by atoms with Crippen molar-refractivity contribution in [2.75, 3.05) is 5.73 Å². The highest BCUT2D eigenvalue weighted by Gasteiger charge is 2.16. The van der Waals surface area contributed by atoms with Gasteiger partial charge in [-0.1, -0.05) is 17.7 Å². The number of aromatic nitrogens is 1. The minimum atomic E-state index is -0.542. The number of pyridine rings is 1. The van der Waals surface area contributed by atoms with E-state index in [1.807, 2.05) is 18.2 Å². The quantitative estimate of drug-likeness (QED) is 0.656. The number of nitrogens with two attached hydrogens (primary N) is 1. The normalized spacial score (nSPS) is 15.8. The number of anilines is 1. The SMILES string of the molecule is CC(Oc1cc(/C(C=N)=C2\C=CC=CN2)cnc1N)c1cc(F)ccc1Cl. The lowest BCUT2D eigenvalue weighted by atomic mass is 10.0. The summed E-state index contributed by atoms with van der Waals surface area (Å²) in [6.45, 7) is 1.75. The lowest BCUT2D eigenvalue weighted by Gasteiger charge is -2.18. The number of benzene rings is 1. The maximum Gasteiger partial charge on any atom is 0.166 e. The number of nitrogens with zero attached hydrogens (tertiary/aromatic N) is 1. The first-order valence-electron chi connectivity index (χ1n) is 8.21. The van der Waals surface area contributed by atoms with Crippen LogP contribution in [0.5, 0.6) is 5.75 Å². The number of allylic oxidation sites excluding steroid dienone is 4. The van der Waals surface area contributed by atoms with Crippen molar-refractivity contribution in [1.82, 2.24) is 10.3 Å². The Kier molecular flexibility index (Phi) is 5.57. The molecule has 1 atom stereocenters. The van der Waals surface area contributed by atoms with Crippen LogP contribution in [0.3, 0.4) is 0 Å². The fourth-order valence-electron chi connectivity index (χ4n) is 2.65. The van der Waals surface area contributed by atoms with Gasteiger partial charge in [0.2, 0.25) is 0 Å². The fourth-order valence-corrected chi connectivity index (χ4v) is 2.93. The maximum absolute atomic E-state index is 13.5. The molecule has 0 fully saturated rings. The molecule has 4 N–H and O–H groups in total. The molecule has 0 saturated carbocycles. The summed E-state index contributed by atoms with van der Waals surface area (Å²) in [4.78, 5) is 4.17. The second-order valence-electron chi connectivity index (χ2n) is 5.87. The van der Waals surface area contributed by atoms with Crippen molar-refractivity contribution in [2.24, 2.45) is 0 Å². The Morgan fingerprint density at radius 3 is 2.89 bits per heavy atom. The Labute approximate surface area is 161 Å². The Morgan fingerprint density at radius 2 is 2.19 bits per heavy atom. The summed E-state index contributed by atoms with van der Waals surface area (Å²) in [6, 6.07) is 5.80. The maximum atomic E-state index is 13.5. The van der Waals surface area contributed by atoms with Crippen LogP contribution in [-0.4, -0.2) is 11.2 Å². The number of nitrogen functional groups attached to an aromatic ring is 1. The van der Waals surface area contributed by atoms with E-state index >= 15 is 0 Å². The van der Waals surface area contributed by atoms with Crippen molar-refractivity contribution in [3.05, 3.63) is 82.6 Å². The van der Waals surface area contributed by atoms with Gasteiger partial charge in [-0.05, 0) is 43.3 Å². The summed E-state index contributed by atoms with van der Waals surface area (Å²) in [5.41, 5.74) is 8.50. The number of halogens is 2. The van der Waals surface area contributed by atoms with Gasteiger partial charge in [-0.15, -0.1) is 0 Å². The number of hydrogen-bond acceptors (Lipinski definition) is 5. The van der Waals surface area contributed by atoms with E-state index in [0.29, 0.717) is 27.5 Å². The third-order valence-electron chi connectivity index (χ3n) is 4.04. The van der Waals surface area contributed by atoms with Crippen molar-refractivity contribution in [3.8, 4) is 5.75 Å². The van der Waals surface area contributed by atoms with Crippen LogP contribution in [-0.2, 0) is 0 Å². The van der Waals surface area contributed by atoms with Gasteiger partial charge in [0.1, 0.15) is 11.9 Å². The molecule has 1 aliphatic heterocycles. The third-order valence-corrected chi connectivity index (χ3v) is 4.38. The minimum absolute atomic E-state index is 0.194. The zero-order chi connectivity index (χ0) is 19.4. The summed E-state index contributed by atoms with van der Waals surface area (Å²) < 4.78 is 19.4. The molecule has 27 heavy (non-hydrogen) atoms. The van der Waals surface area contributed by atoms with Crippen molar-refractivity contribution < 1.29 is 9.13 Å². The Hall–Kier alpha value is -3.12. The van der Waals surface area contributed by atoms with E-state index in [9.17, 15) is 4.39 Å². The first-order chi connectivity index (χ1) is 13.0. The Balaban J connectivity index is 1.94. The molecule has 0 amide bonds.